The first-order chi connectivity index (χ1) is 18.0. The normalized spacial score (nSPS) is 12.6. The summed E-state index contributed by atoms with van der Waals surface area (Å²) in [6, 6.07) is 26.8. The van der Waals surface area contributed by atoms with E-state index in [0.717, 1.165) is 10.5 Å². The number of hydrogen-bond donors (Lipinski definition) is 2. The fourth-order valence-electron chi connectivity index (χ4n) is 3.74. The minimum absolute atomic E-state index is 0.159. The van der Waals surface area contributed by atoms with Crippen molar-refractivity contribution in [1.82, 2.24) is 0 Å². The lowest BCUT2D eigenvalue weighted by Gasteiger charge is -2.18. The molecule has 6 nitrogen and oxygen atoms in total. The van der Waals surface area contributed by atoms with Crippen LogP contribution in [0.1, 0.15) is 21.2 Å². The number of carbonyl (C=O) groups excluding carboxylic acids is 2. The first kappa shape index (κ1) is 25.0. The summed E-state index contributed by atoms with van der Waals surface area (Å²) in [4.78, 5) is 27.0. The van der Waals surface area contributed by atoms with Crippen molar-refractivity contribution in [2.24, 2.45) is 0 Å². The molecule has 4 aromatic rings. The molecule has 0 aliphatic carbocycles. The number of amides is 2. The lowest BCUT2D eigenvalue weighted by atomic mass is 10.1. The zero-order chi connectivity index (χ0) is 25.8. The third kappa shape index (κ3) is 6.02. The quantitative estimate of drug-likeness (QED) is 0.234. The summed E-state index contributed by atoms with van der Waals surface area (Å²) < 4.78 is 10.8. The minimum atomic E-state index is -0.553. The van der Waals surface area contributed by atoms with Crippen molar-refractivity contribution in [3.63, 3.8) is 0 Å². The van der Waals surface area contributed by atoms with Crippen molar-refractivity contribution < 1.29 is 19.1 Å². The molecule has 9 heteroatoms. The predicted molar refractivity (Wildman–Crippen MR) is 147 cm³/mol. The van der Waals surface area contributed by atoms with Gasteiger partial charge in [-0.1, -0.05) is 59.6 Å². The molecule has 0 aromatic heterocycles. The zero-order valence-corrected chi connectivity index (χ0v) is 21.6. The molecule has 1 heterocycles. The molecule has 0 bridgehead atoms. The van der Waals surface area contributed by atoms with Crippen LogP contribution in [-0.2, 0) is 4.79 Å². The van der Waals surface area contributed by atoms with Gasteiger partial charge >= 0.3 is 0 Å². The molecule has 186 valence electrons. The molecule has 0 fully saturated rings. The van der Waals surface area contributed by atoms with E-state index < -0.39 is 5.25 Å². The van der Waals surface area contributed by atoms with Gasteiger partial charge in [0.15, 0.2) is 11.5 Å². The molecule has 0 saturated heterocycles. The van der Waals surface area contributed by atoms with E-state index in [0.29, 0.717) is 33.5 Å². The average molecular weight is 551 g/mol. The fraction of sp³-hybridized carbons (Fsp3) is 0.0714. The molecule has 0 spiro atoms. The van der Waals surface area contributed by atoms with Gasteiger partial charge in [-0.05, 0) is 54.1 Å². The summed E-state index contributed by atoms with van der Waals surface area (Å²) in [7, 11) is 0. The predicted octanol–water partition coefficient (Wildman–Crippen LogP) is 7.45. The number of ether oxygens (including phenoxy) is 2. The Morgan fingerprint density at radius 1 is 0.784 bits per heavy atom. The van der Waals surface area contributed by atoms with E-state index in [9.17, 15) is 9.59 Å². The van der Waals surface area contributed by atoms with Crippen molar-refractivity contribution >= 4 is 58.2 Å². The highest BCUT2D eigenvalue weighted by Gasteiger charge is 2.23. The maximum atomic E-state index is 13.4. The van der Waals surface area contributed by atoms with Gasteiger partial charge in [0.2, 0.25) is 12.7 Å². The summed E-state index contributed by atoms with van der Waals surface area (Å²) in [5, 5.41) is 6.00. The van der Waals surface area contributed by atoms with Crippen LogP contribution in [0, 0.1) is 0 Å². The number of fused-ring (bicyclic) bond motifs is 1. The van der Waals surface area contributed by atoms with Gasteiger partial charge in [0, 0.05) is 27.4 Å². The number of benzene rings is 4. The SMILES string of the molecule is O=C(Nc1cccc(SC(C(=O)Nc2ccc3c(c2)OCO3)c2ccccc2)c1)c1ccc(Cl)cc1Cl. The van der Waals surface area contributed by atoms with Crippen molar-refractivity contribution in [3.8, 4) is 11.5 Å². The molecule has 4 aromatic carbocycles. The van der Waals surface area contributed by atoms with E-state index in [1.807, 2.05) is 48.5 Å². The average Bonchev–Trinajstić information content (AvgIpc) is 3.36. The van der Waals surface area contributed by atoms with Crippen LogP contribution < -0.4 is 20.1 Å². The van der Waals surface area contributed by atoms with Crippen LogP contribution >= 0.6 is 35.0 Å². The van der Waals surface area contributed by atoms with Gasteiger partial charge in [-0.3, -0.25) is 9.59 Å². The number of hydrogen-bond acceptors (Lipinski definition) is 5. The van der Waals surface area contributed by atoms with Crippen LogP contribution in [0.2, 0.25) is 10.0 Å². The molecule has 1 aliphatic heterocycles. The zero-order valence-electron chi connectivity index (χ0n) is 19.2. The van der Waals surface area contributed by atoms with Crippen molar-refractivity contribution in [1.29, 1.82) is 0 Å². The largest absolute Gasteiger partial charge is 0.454 e. The monoisotopic (exact) mass is 550 g/mol. The van der Waals surface area contributed by atoms with Crippen molar-refractivity contribution in [2.45, 2.75) is 10.1 Å². The molecule has 1 atom stereocenters. The van der Waals surface area contributed by atoms with Gasteiger partial charge in [0.25, 0.3) is 5.91 Å². The summed E-state index contributed by atoms with van der Waals surface area (Å²) >= 11 is 13.5. The molecule has 1 unspecified atom stereocenters. The highest BCUT2D eigenvalue weighted by atomic mass is 35.5. The van der Waals surface area contributed by atoms with Gasteiger partial charge in [0.1, 0.15) is 5.25 Å². The maximum absolute atomic E-state index is 13.4. The summed E-state index contributed by atoms with van der Waals surface area (Å²) in [6.07, 6.45) is 0. The maximum Gasteiger partial charge on any atom is 0.257 e. The number of carbonyl (C=O) groups is 2. The topological polar surface area (TPSA) is 76.7 Å². The van der Waals surface area contributed by atoms with Crippen LogP contribution in [0.4, 0.5) is 11.4 Å². The van der Waals surface area contributed by atoms with Crippen LogP contribution in [0.5, 0.6) is 11.5 Å². The Labute approximate surface area is 227 Å². The Balaban J connectivity index is 1.35. The fourth-order valence-corrected chi connectivity index (χ4v) is 5.32. The molecular weight excluding hydrogens is 531 g/mol. The Kier molecular flexibility index (Phi) is 7.55. The van der Waals surface area contributed by atoms with Crippen LogP contribution in [0.3, 0.4) is 0 Å². The van der Waals surface area contributed by atoms with Gasteiger partial charge in [0.05, 0.1) is 10.6 Å². The molecule has 2 N–H and O–H groups in total. The molecule has 5 rings (SSSR count). The third-order valence-electron chi connectivity index (χ3n) is 5.50. The Hall–Kier alpha value is -3.65. The Morgan fingerprint density at radius 2 is 1.57 bits per heavy atom. The minimum Gasteiger partial charge on any atom is -0.454 e. The van der Waals surface area contributed by atoms with Crippen molar-refractivity contribution in [2.75, 3.05) is 17.4 Å². The Bertz CT molecular complexity index is 1470. The first-order valence-electron chi connectivity index (χ1n) is 11.2. The number of rotatable bonds is 7. The first-order valence-corrected chi connectivity index (χ1v) is 12.9. The molecule has 37 heavy (non-hydrogen) atoms. The van der Waals surface area contributed by atoms with E-state index in [4.69, 9.17) is 32.7 Å². The number of nitrogens with one attached hydrogen (secondary N) is 2. The second kappa shape index (κ2) is 11.2. The van der Waals surface area contributed by atoms with Crippen molar-refractivity contribution in [3.05, 3.63) is 112 Å². The standard InChI is InChI=1S/C28H20Cl2N2O4S/c29-18-9-11-22(23(30)13-18)27(33)31-19-7-4-8-21(14-19)37-26(17-5-2-1-3-6-17)28(34)32-20-10-12-24-25(15-20)36-16-35-24/h1-15,26H,16H2,(H,31,33)(H,32,34). The van der Waals surface area contributed by atoms with Gasteiger partial charge in [-0.25, -0.2) is 0 Å². The second-order valence-corrected chi connectivity index (χ2v) is 10.1. The van der Waals surface area contributed by atoms with Gasteiger partial charge in [-0.15, -0.1) is 11.8 Å². The molecule has 1 aliphatic rings. The van der Waals surface area contributed by atoms with E-state index in [1.165, 1.54) is 17.8 Å². The Morgan fingerprint density at radius 3 is 2.38 bits per heavy atom. The van der Waals surface area contributed by atoms with Crippen LogP contribution in [0.15, 0.2) is 95.9 Å². The third-order valence-corrected chi connectivity index (χ3v) is 7.30. The summed E-state index contributed by atoms with van der Waals surface area (Å²) in [5.41, 5.74) is 2.34. The molecule has 0 radical (unpaired) electrons. The molecular formula is C28H20Cl2N2O4S. The summed E-state index contributed by atoms with van der Waals surface area (Å²) in [5.74, 6) is 0.679. The lowest BCUT2D eigenvalue weighted by molar-refractivity contribution is -0.115. The number of halogens is 2. The highest BCUT2D eigenvalue weighted by Crippen LogP contribution is 2.39. The van der Waals surface area contributed by atoms with Crippen LogP contribution in [0.25, 0.3) is 0 Å². The highest BCUT2D eigenvalue weighted by molar-refractivity contribution is 8.00. The lowest BCUT2D eigenvalue weighted by Crippen LogP contribution is -2.19. The summed E-state index contributed by atoms with van der Waals surface area (Å²) in [6.45, 7) is 0.159. The molecule has 0 saturated carbocycles. The van der Waals surface area contributed by atoms with Gasteiger partial charge in [-0.2, -0.15) is 0 Å². The van der Waals surface area contributed by atoms with E-state index in [1.54, 1.807) is 36.4 Å². The second-order valence-electron chi connectivity index (χ2n) is 8.07. The van der Waals surface area contributed by atoms with Crippen LogP contribution in [-0.4, -0.2) is 18.6 Å². The van der Waals surface area contributed by atoms with Gasteiger partial charge < -0.3 is 20.1 Å². The smallest absolute Gasteiger partial charge is 0.257 e. The number of thioether (sulfide) groups is 1. The van der Waals surface area contributed by atoms with E-state index >= 15 is 0 Å². The number of anilines is 2. The van der Waals surface area contributed by atoms with E-state index in [2.05, 4.69) is 10.6 Å². The van der Waals surface area contributed by atoms with E-state index in [-0.39, 0.29) is 23.6 Å². The molecule has 2 amide bonds.